The van der Waals surface area contributed by atoms with Gasteiger partial charge in [0.2, 0.25) is 0 Å². The Labute approximate surface area is 134 Å². The quantitative estimate of drug-likeness (QED) is 0.870. The van der Waals surface area contributed by atoms with E-state index in [1.807, 2.05) is 44.2 Å². The van der Waals surface area contributed by atoms with Gasteiger partial charge in [-0.3, -0.25) is 0 Å². The molecule has 0 saturated heterocycles. The van der Waals surface area contributed by atoms with Crippen LogP contribution in [-0.2, 0) is 0 Å². The van der Waals surface area contributed by atoms with Crippen LogP contribution in [0.2, 0.25) is 0 Å². The molecule has 0 aromatic heterocycles. The van der Waals surface area contributed by atoms with Gasteiger partial charge in [0.25, 0.3) is 0 Å². The molecule has 0 heterocycles. The molecule has 0 radical (unpaired) electrons. The zero-order valence-electron chi connectivity index (χ0n) is 14.1. The fourth-order valence-electron chi connectivity index (χ4n) is 2.48. The van der Waals surface area contributed by atoms with Crippen molar-refractivity contribution in [3.63, 3.8) is 0 Å². The van der Waals surface area contributed by atoms with Crippen LogP contribution in [0.1, 0.15) is 61.0 Å². The number of rotatable bonds is 3. The molecule has 22 heavy (non-hydrogen) atoms. The lowest BCUT2D eigenvalue weighted by Gasteiger charge is -2.14. The molecule has 1 aliphatic rings. The number of benzene rings is 2. The van der Waals surface area contributed by atoms with E-state index < -0.39 is 6.10 Å². The molecule has 0 bridgehead atoms. The molecule has 1 aliphatic carbocycles. The molecular formula is C20H28O2. The Bertz CT molecular complexity index is 545. The van der Waals surface area contributed by atoms with Crippen molar-refractivity contribution in [2.75, 3.05) is 7.11 Å². The fourth-order valence-corrected chi connectivity index (χ4v) is 2.48. The lowest BCUT2D eigenvalue weighted by molar-refractivity contribution is 0.220. The second kappa shape index (κ2) is 9.39. The lowest BCUT2D eigenvalue weighted by atomic mass is 9.96. The van der Waals surface area contributed by atoms with E-state index in [-0.39, 0.29) is 0 Å². The molecule has 2 heteroatoms. The third-order valence-corrected chi connectivity index (χ3v) is 3.60. The molecule has 1 unspecified atom stereocenters. The van der Waals surface area contributed by atoms with Crippen LogP contribution < -0.4 is 0 Å². The topological polar surface area (TPSA) is 40.5 Å². The van der Waals surface area contributed by atoms with E-state index in [2.05, 4.69) is 25.1 Å². The second-order valence-electron chi connectivity index (χ2n) is 5.26. The normalized spacial score (nSPS) is 14.1. The molecule has 0 spiro atoms. The molecule has 1 saturated carbocycles. The van der Waals surface area contributed by atoms with E-state index >= 15 is 0 Å². The maximum absolute atomic E-state index is 10.4. The highest BCUT2D eigenvalue weighted by Crippen LogP contribution is 2.41. The second-order valence-corrected chi connectivity index (χ2v) is 5.26. The summed E-state index contributed by atoms with van der Waals surface area (Å²) in [4.78, 5) is 0. The summed E-state index contributed by atoms with van der Waals surface area (Å²) in [5, 5.41) is 17.4. The van der Waals surface area contributed by atoms with E-state index in [9.17, 15) is 5.11 Å². The van der Waals surface area contributed by atoms with Crippen LogP contribution in [0.15, 0.2) is 48.5 Å². The first-order valence-corrected chi connectivity index (χ1v) is 8.03. The molecule has 2 aromatic carbocycles. The molecule has 2 N–H and O–H groups in total. The van der Waals surface area contributed by atoms with Gasteiger partial charge < -0.3 is 10.2 Å². The van der Waals surface area contributed by atoms with Gasteiger partial charge in [0.15, 0.2) is 0 Å². The van der Waals surface area contributed by atoms with E-state index in [1.54, 1.807) is 0 Å². The van der Waals surface area contributed by atoms with Crippen molar-refractivity contribution in [2.24, 2.45) is 0 Å². The van der Waals surface area contributed by atoms with E-state index in [4.69, 9.17) is 5.11 Å². The number of hydrogen-bond donors (Lipinski definition) is 2. The molecule has 0 aliphatic heterocycles. The molecule has 2 aromatic rings. The lowest BCUT2D eigenvalue weighted by Crippen LogP contribution is -2.00. The van der Waals surface area contributed by atoms with E-state index in [1.165, 1.54) is 24.0 Å². The third kappa shape index (κ3) is 4.97. The first kappa shape index (κ1) is 18.4. The van der Waals surface area contributed by atoms with Crippen molar-refractivity contribution in [1.29, 1.82) is 0 Å². The van der Waals surface area contributed by atoms with Gasteiger partial charge in [0, 0.05) is 7.11 Å². The maximum atomic E-state index is 10.4. The van der Waals surface area contributed by atoms with Crippen molar-refractivity contribution < 1.29 is 10.2 Å². The van der Waals surface area contributed by atoms with Gasteiger partial charge in [0.05, 0.1) is 0 Å². The first-order chi connectivity index (χ1) is 10.7. The summed E-state index contributed by atoms with van der Waals surface area (Å²) in [6.45, 7) is 6.10. The van der Waals surface area contributed by atoms with Gasteiger partial charge in [-0.2, -0.15) is 0 Å². The Hall–Kier alpha value is -1.64. The summed E-state index contributed by atoms with van der Waals surface area (Å²) < 4.78 is 0. The Balaban J connectivity index is 0.000000561. The van der Waals surface area contributed by atoms with Gasteiger partial charge in [-0.15, -0.1) is 0 Å². The highest BCUT2D eigenvalue weighted by atomic mass is 16.3. The summed E-state index contributed by atoms with van der Waals surface area (Å²) in [5.41, 5.74) is 4.61. The van der Waals surface area contributed by atoms with Gasteiger partial charge in [-0.25, -0.2) is 0 Å². The first-order valence-electron chi connectivity index (χ1n) is 8.03. The van der Waals surface area contributed by atoms with Gasteiger partial charge in [0.1, 0.15) is 6.10 Å². The van der Waals surface area contributed by atoms with Crippen LogP contribution in [0, 0.1) is 6.92 Å². The smallest absolute Gasteiger partial charge is 0.104 e. The highest BCUT2D eigenvalue weighted by molar-refractivity contribution is 5.38. The van der Waals surface area contributed by atoms with Gasteiger partial charge in [-0.1, -0.05) is 67.9 Å². The van der Waals surface area contributed by atoms with Crippen LogP contribution in [0.25, 0.3) is 0 Å². The average molecular weight is 300 g/mol. The largest absolute Gasteiger partial charge is 0.400 e. The summed E-state index contributed by atoms with van der Waals surface area (Å²) in [5.74, 6) is 0.728. The number of aliphatic hydroxyl groups excluding tert-OH is 2. The van der Waals surface area contributed by atoms with Crippen LogP contribution >= 0.6 is 0 Å². The SMILES string of the molecule is CC.CO.Cc1cc(C2CC2)cc(C(O)c2ccccc2)c1. The minimum atomic E-state index is -0.511. The van der Waals surface area contributed by atoms with Gasteiger partial charge in [-0.05, 0) is 42.4 Å². The van der Waals surface area contributed by atoms with Crippen molar-refractivity contribution in [3.8, 4) is 0 Å². The van der Waals surface area contributed by atoms with Crippen LogP contribution in [0.4, 0.5) is 0 Å². The average Bonchev–Trinajstić information content (AvgIpc) is 3.43. The van der Waals surface area contributed by atoms with Crippen molar-refractivity contribution in [3.05, 3.63) is 70.8 Å². The number of aryl methyl sites for hydroxylation is 1. The summed E-state index contributed by atoms with van der Waals surface area (Å²) in [6, 6.07) is 16.4. The predicted octanol–water partition coefficient (Wildman–Crippen LogP) is 4.59. The molecule has 120 valence electrons. The Morgan fingerprint density at radius 1 is 0.909 bits per heavy atom. The third-order valence-electron chi connectivity index (χ3n) is 3.60. The summed E-state index contributed by atoms with van der Waals surface area (Å²) >= 11 is 0. The minimum absolute atomic E-state index is 0.511. The zero-order valence-corrected chi connectivity index (χ0v) is 14.1. The Morgan fingerprint density at radius 3 is 2.05 bits per heavy atom. The van der Waals surface area contributed by atoms with Crippen molar-refractivity contribution >= 4 is 0 Å². The maximum Gasteiger partial charge on any atom is 0.104 e. The number of hydrogen-bond acceptors (Lipinski definition) is 2. The molecule has 0 amide bonds. The fraction of sp³-hybridized carbons (Fsp3) is 0.400. The number of aliphatic hydroxyl groups is 2. The van der Waals surface area contributed by atoms with Crippen LogP contribution in [0.5, 0.6) is 0 Å². The van der Waals surface area contributed by atoms with Crippen LogP contribution in [0.3, 0.4) is 0 Å². The monoisotopic (exact) mass is 300 g/mol. The molecule has 2 nitrogen and oxygen atoms in total. The zero-order chi connectivity index (χ0) is 16.5. The molecular weight excluding hydrogens is 272 g/mol. The summed E-state index contributed by atoms with van der Waals surface area (Å²) in [6.07, 6.45) is 2.08. The Morgan fingerprint density at radius 2 is 1.50 bits per heavy atom. The highest BCUT2D eigenvalue weighted by Gasteiger charge is 2.24. The molecule has 1 fully saturated rings. The van der Waals surface area contributed by atoms with Crippen molar-refractivity contribution in [2.45, 2.75) is 45.6 Å². The van der Waals surface area contributed by atoms with E-state index in [0.717, 1.165) is 24.2 Å². The van der Waals surface area contributed by atoms with Crippen LogP contribution in [-0.4, -0.2) is 17.3 Å². The van der Waals surface area contributed by atoms with E-state index in [0.29, 0.717) is 0 Å². The Kier molecular flexibility index (Phi) is 7.86. The molecule has 3 rings (SSSR count). The van der Waals surface area contributed by atoms with Crippen molar-refractivity contribution in [1.82, 2.24) is 0 Å². The summed E-state index contributed by atoms with van der Waals surface area (Å²) in [7, 11) is 1.00. The minimum Gasteiger partial charge on any atom is -0.400 e. The predicted molar refractivity (Wildman–Crippen MR) is 93.1 cm³/mol. The van der Waals surface area contributed by atoms with Gasteiger partial charge >= 0.3 is 0 Å². The standard InChI is InChI=1S/C17H18O.C2H6.CH4O/c1-12-9-15(13-7-8-13)11-16(10-12)17(18)14-5-3-2-4-6-14;2*1-2/h2-6,9-11,13,17-18H,7-8H2,1H3;1-2H3;2H,1H3. The molecule has 1 atom stereocenters.